The number of rotatable bonds is 10. The lowest BCUT2D eigenvalue weighted by Gasteiger charge is -2.16. The fourth-order valence-electron chi connectivity index (χ4n) is 3.80. The molecule has 5 nitrogen and oxygen atoms in total. The molecule has 0 atom stereocenters. The number of benzene rings is 4. The van der Waals surface area contributed by atoms with Crippen LogP contribution in [-0.2, 0) is 36.0 Å². The molecule has 1 N–H and O–H groups in total. The van der Waals surface area contributed by atoms with E-state index in [1.165, 1.54) is 36.4 Å². The van der Waals surface area contributed by atoms with E-state index in [2.05, 4.69) is 4.72 Å². The second-order valence-corrected chi connectivity index (χ2v) is 10.4. The number of alkyl halides is 4. The Labute approximate surface area is 224 Å². The Hall–Kier alpha value is -3.89. The molecule has 0 aliphatic heterocycles. The Morgan fingerprint density at radius 2 is 1.49 bits per heavy atom. The van der Waals surface area contributed by atoms with Gasteiger partial charge in [-0.2, -0.15) is 13.2 Å². The van der Waals surface area contributed by atoms with Crippen LogP contribution in [0.1, 0.15) is 22.3 Å². The van der Waals surface area contributed by atoms with Gasteiger partial charge in [0.05, 0.1) is 17.6 Å². The van der Waals surface area contributed by atoms with Crippen molar-refractivity contribution in [3.63, 3.8) is 0 Å². The van der Waals surface area contributed by atoms with Gasteiger partial charge in [0.2, 0.25) is 10.0 Å². The molecule has 0 aliphatic rings. The van der Waals surface area contributed by atoms with Crippen molar-refractivity contribution >= 4 is 10.0 Å². The van der Waals surface area contributed by atoms with E-state index in [0.717, 1.165) is 17.7 Å². The molecule has 0 spiro atoms. The van der Waals surface area contributed by atoms with Gasteiger partial charge < -0.3 is 9.47 Å². The molecule has 0 bridgehead atoms. The zero-order valence-corrected chi connectivity index (χ0v) is 21.7. The van der Waals surface area contributed by atoms with Crippen molar-refractivity contribution in [2.75, 3.05) is 7.11 Å². The van der Waals surface area contributed by atoms with E-state index < -0.39 is 28.4 Å². The molecule has 10 heteroatoms. The maximum atomic E-state index is 13.4. The van der Waals surface area contributed by atoms with Crippen molar-refractivity contribution in [3.8, 4) is 22.6 Å². The second-order valence-electron chi connectivity index (χ2n) is 8.65. The average molecular weight is 560 g/mol. The smallest absolute Gasteiger partial charge is 0.416 e. The van der Waals surface area contributed by atoms with E-state index in [4.69, 9.17) is 9.47 Å². The molecule has 4 aromatic carbocycles. The number of hydrogen-bond donors (Lipinski definition) is 1. The summed E-state index contributed by atoms with van der Waals surface area (Å²) < 4.78 is 92.1. The molecular weight excluding hydrogens is 534 g/mol. The van der Waals surface area contributed by atoms with Gasteiger partial charge in [0.15, 0.2) is 0 Å². The summed E-state index contributed by atoms with van der Waals surface area (Å²) in [6.07, 6.45) is -4.54. The zero-order chi connectivity index (χ0) is 28.0. The summed E-state index contributed by atoms with van der Waals surface area (Å²) in [5, 5.41) is 0. The highest BCUT2D eigenvalue weighted by atomic mass is 32.2. The van der Waals surface area contributed by atoms with Crippen LogP contribution in [-0.4, -0.2) is 15.5 Å². The molecule has 39 heavy (non-hydrogen) atoms. The fraction of sp³-hybridized carbons (Fsp3) is 0.172. The largest absolute Gasteiger partial charge is 0.497 e. The molecule has 0 unspecified atom stereocenters. The number of sulfonamides is 1. The zero-order valence-electron chi connectivity index (χ0n) is 20.8. The van der Waals surface area contributed by atoms with E-state index in [1.807, 2.05) is 12.1 Å². The first kappa shape index (κ1) is 28.1. The standard InChI is InChI=1S/C29H25F4NO4S/c1-37-25-10-5-21(6-11-25)19-38-28-14-9-22(15-27(28)23-3-2-4-24(16-23)29(31,32)33)18-34-39(35,36)26-12-7-20(17-30)8-13-26/h2-16,34H,17-19H2,1H3. The lowest BCUT2D eigenvalue weighted by molar-refractivity contribution is -0.137. The first-order chi connectivity index (χ1) is 18.6. The van der Waals surface area contributed by atoms with Crippen LogP contribution in [0, 0.1) is 0 Å². The van der Waals surface area contributed by atoms with E-state index in [-0.39, 0.29) is 23.6 Å². The topological polar surface area (TPSA) is 64.6 Å². The highest BCUT2D eigenvalue weighted by Crippen LogP contribution is 2.36. The van der Waals surface area contributed by atoms with E-state index >= 15 is 0 Å². The summed E-state index contributed by atoms with van der Waals surface area (Å²) in [5.74, 6) is 1.01. The van der Waals surface area contributed by atoms with Crippen LogP contribution in [0.4, 0.5) is 17.6 Å². The first-order valence-corrected chi connectivity index (χ1v) is 13.3. The van der Waals surface area contributed by atoms with Crippen LogP contribution in [0.5, 0.6) is 11.5 Å². The summed E-state index contributed by atoms with van der Waals surface area (Å²) in [4.78, 5) is -0.0303. The molecule has 0 fully saturated rings. The minimum Gasteiger partial charge on any atom is -0.497 e. The van der Waals surface area contributed by atoms with Crippen molar-refractivity contribution in [1.82, 2.24) is 4.72 Å². The van der Waals surface area contributed by atoms with E-state index in [0.29, 0.717) is 28.2 Å². The van der Waals surface area contributed by atoms with Crippen LogP contribution < -0.4 is 14.2 Å². The SMILES string of the molecule is COc1ccc(COc2ccc(CNS(=O)(=O)c3ccc(CF)cc3)cc2-c2cccc(C(F)(F)F)c2)cc1. The van der Waals surface area contributed by atoms with Gasteiger partial charge in [-0.1, -0.05) is 42.5 Å². The molecule has 0 heterocycles. The van der Waals surface area contributed by atoms with Crippen molar-refractivity contribution in [1.29, 1.82) is 0 Å². The molecule has 4 aromatic rings. The number of methoxy groups -OCH3 is 1. The minimum atomic E-state index is -4.54. The van der Waals surface area contributed by atoms with E-state index in [9.17, 15) is 26.0 Å². The highest BCUT2D eigenvalue weighted by Gasteiger charge is 2.30. The predicted molar refractivity (Wildman–Crippen MR) is 139 cm³/mol. The summed E-state index contributed by atoms with van der Waals surface area (Å²) >= 11 is 0. The van der Waals surface area contributed by atoms with Crippen LogP contribution in [0.3, 0.4) is 0 Å². The third-order valence-corrected chi connectivity index (χ3v) is 7.37. The van der Waals surface area contributed by atoms with Gasteiger partial charge in [-0.05, 0) is 70.8 Å². The number of halogens is 4. The lowest BCUT2D eigenvalue weighted by atomic mass is 9.99. The lowest BCUT2D eigenvalue weighted by Crippen LogP contribution is -2.23. The van der Waals surface area contributed by atoms with Crippen molar-refractivity contribution in [2.24, 2.45) is 0 Å². The molecule has 0 saturated heterocycles. The van der Waals surface area contributed by atoms with Gasteiger partial charge >= 0.3 is 6.18 Å². The van der Waals surface area contributed by atoms with Crippen molar-refractivity contribution in [2.45, 2.75) is 30.9 Å². The predicted octanol–water partition coefficient (Wildman–Crippen LogP) is 6.91. The molecule has 0 aliphatic carbocycles. The van der Waals surface area contributed by atoms with Crippen LogP contribution in [0.25, 0.3) is 11.1 Å². The van der Waals surface area contributed by atoms with Crippen LogP contribution in [0.2, 0.25) is 0 Å². The summed E-state index contributed by atoms with van der Waals surface area (Å²) in [7, 11) is -2.36. The molecule has 0 saturated carbocycles. The van der Waals surface area contributed by atoms with Crippen molar-refractivity contribution < 1.29 is 35.5 Å². The Kier molecular flexibility index (Phi) is 8.57. The molecular formula is C29H25F4NO4S. The second kappa shape index (κ2) is 11.9. The maximum Gasteiger partial charge on any atom is 0.416 e. The highest BCUT2D eigenvalue weighted by molar-refractivity contribution is 7.89. The van der Waals surface area contributed by atoms with Gasteiger partial charge in [0.25, 0.3) is 0 Å². The fourth-order valence-corrected chi connectivity index (χ4v) is 4.82. The normalized spacial score (nSPS) is 11.8. The summed E-state index contributed by atoms with van der Waals surface area (Å²) in [5.41, 5.74) is 1.50. The molecule has 0 amide bonds. The minimum absolute atomic E-state index is 0.0303. The Morgan fingerprint density at radius 3 is 2.13 bits per heavy atom. The summed E-state index contributed by atoms with van der Waals surface area (Å²) in [6.45, 7) is -0.687. The Morgan fingerprint density at radius 1 is 0.821 bits per heavy atom. The van der Waals surface area contributed by atoms with Crippen LogP contribution >= 0.6 is 0 Å². The quantitative estimate of drug-likeness (QED) is 0.215. The van der Waals surface area contributed by atoms with Gasteiger partial charge in [-0.3, -0.25) is 0 Å². The number of nitrogens with one attached hydrogen (secondary N) is 1. The number of hydrogen-bond acceptors (Lipinski definition) is 4. The molecule has 4 rings (SSSR count). The van der Waals surface area contributed by atoms with E-state index in [1.54, 1.807) is 37.4 Å². The maximum absolute atomic E-state index is 13.4. The summed E-state index contributed by atoms with van der Waals surface area (Å²) in [6, 6.07) is 22.2. The Balaban J connectivity index is 1.62. The Bertz CT molecular complexity index is 1520. The third-order valence-electron chi connectivity index (χ3n) is 5.95. The first-order valence-electron chi connectivity index (χ1n) is 11.8. The third kappa shape index (κ3) is 7.15. The number of ether oxygens (including phenoxy) is 2. The van der Waals surface area contributed by atoms with Gasteiger partial charge in [-0.15, -0.1) is 0 Å². The molecule has 0 aromatic heterocycles. The molecule has 204 valence electrons. The van der Waals surface area contributed by atoms with Crippen molar-refractivity contribution in [3.05, 3.63) is 113 Å². The van der Waals surface area contributed by atoms with Gasteiger partial charge in [0, 0.05) is 12.1 Å². The van der Waals surface area contributed by atoms with Gasteiger partial charge in [-0.25, -0.2) is 17.5 Å². The molecule has 0 radical (unpaired) electrons. The monoisotopic (exact) mass is 559 g/mol. The van der Waals surface area contributed by atoms with Gasteiger partial charge in [0.1, 0.15) is 24.8 Å². The van der Waals surface area contributed by atoms with Crippen LogP contribution in [0.15, 0.2) is 95.9 Å². The average Bonchev–Trinajstić information content (AvgIpc) is 2.95.